The number of amides is 1. The Morgan fingerprint density at radius 1 is 1.05 bits per heavy atom. The summed E-state index contributed by atoms with van der Waals surface area (Å²) in [6.07, 6.45) is -0.877. The van der Waals surface area contributed by atoms with Gasteiger partial charge in [0, 0.05) is 0 Å². The zero-order chi connectivity index (χ0) is 16.1. The Hall–Kier alpha value is -3.22. The second-order valence-corrected chi connectivity index (χ2v) is 4.19. The summed E-state index contributed by atoms with van der Waals surface area (Å²) in [6, 6.07) is 10.2. The Morgan fingerprint density at radius 2 is 1.68 bits per heavy atom. The average molecular weight is 303 g/mol. The minimum absolute atomic E-state index is 0.0639. The molecule has 2 aromatic carbocycles. The van der Waals surface area contributed by atoms with E-state index in [1.54, 1.807) is 12.1 Å². The minimum atomic E-state index is -1.36. The molecule has 2 aromatic rings. The molecule has 0 aliphatic carbocycles. The molecule has 0 fully saturated rings. The SMILES string of the molecule is COc1ccc(OC(=O)Nc2cccc(O)c2C(=O)O)cc1. The van der Waals surface area contributed by atoms with E-state index in [-0.39, 0.29) is 11.4 Å². The quantitative estimate of drug-likeness (QED) is 0.802. The van der Waals surface area contributed by atoms with Crippen molar-refractivity contribution in [2.45, 2.75) is 0 Å². The van der Waals surface area contributed by atoms with E-state index in [0.29, 0.717) is 5.75 Å². The van der Waals surface area contributed by atoms with Gasteiger partial charge in [0.1, 0.15) is 22.8 Å². The Balaban J connectivity index is 2.12. The second kappa shape index (κ2) is 6.49. The van der Waals surface area contributed by atoms with Crippen LogP contribution >= 0.6 is 0 Å². The van der Waals surface area contributed by atoms with Crippen LogP contribution in [0.1, 0.15) is 10.4 Å². The number of carboxylic acid groups (broad SMARTS) is 1. The van der Waals surface area contributed by atoms with Crippen LogP contribution in [0, 0.1) is 0 Å². The molecule has 114 valence electrons. The average Bonchev–Trinajstić information content (AvgIpc) is 2.47. The van der Waals surface area contributed by atoms with E-state index < -0.39 is 23.4 Å². The summed E-state index contributed by atoms with van der Waals surface area (Å²) >= 11 is 0. The Bertz CT molecular complexity index is 696. The molecule has 0 saturated heterocycles. The van der Waals surface area contributed by atoms with E-state index in [1.165, 1.54) is 37.4 Å². The van der Waals surface area contributed by atoms with E-state index in [9.17, 15) is 14.7 Å². The van der Waals surface area contributed by atoms with Gasteiger partial charge in [-0.3, -0.25) is 5.32 Å². The van der Waals surface area contributed by atoms with Crippen molar-refractivity contribution in [3.63, 3.8) is 0 Å². The number of carbonyl (C=O) groups excluding carboxylic acids is 1. The number of benzene rings is 2. The first kappa shape index (κ1) is 15.2. The number of hydrogen-bond acceptors (Lipinski definition) is 5. The molecule has 22 heavy (non-hydrogen) atoms. The zero-order valence-electron chi connectivity index (χ0n) is 11.6. The van der Waals surface area contributed by atoms with Crippen LogP contribution in [0.2, 0.25) is 0 Å². The molecular formula is C15H13NO6. The van der Waals surface area contributed by atoms with Gasteiger partial charge in [0.25, 0.3) is 0 Å². The third kappa shape index (κ3) is 3.45. The number of rotatable bonds is 4. The molecule has 7 nitrogen and oxygen atoms in total. The van der Waals surface area contributed by atoms with Gasteiger partial charge >= 0.3 is 12.1 Å². The zero-order valence-corrected chi connectivity index (χ0v) is 11.6. The standard InChI is InChI=1S/C15H13NO6/c1-21-9-5-7-10(8-6-9)22-15(20)16-11-3-2-4-12(17)13(11)14(18)19/h2-8,17H,1H3,(H,16,20)(H,18,19). The first-order chi connectivity index (χ1) is 10.5. The molecule has 0 aliphatic rings. The van der Waals surface area contributed by atoms with E-state index >= 15 is 0 Å². The molecule has 0 saturated carbocycles. The van der Waals surface area contributed by atoms with Crippen LogP contribution in [0.3, 0.4) is 0 Å². The van der Waals surface area contributed by atoms with E-state index in [1.807, 2.05) is 0 Å². The van der Waals surface area contributed by atoms with Gasteiger partial charge in [0.05, 0.1) is 12.8 Å². The first-order valence-corrected chi connectivity index (χ1v) is 6.19. The maximum atomic E-state index is 11.8. The highest BCUT2D eigenvalue weighted by Crippen LogP contribution is 2.25. The van der Waals surface area contributed by atoms with Crippen molar-refractivity contribution in [1.29, 1.82) is 0 Å². The minimum Gasteiger partial charge on any atom is -0.507 e. The van der Waals surface area contributed by atoms with Gasteiger partial charge in [0.15, 0.2) is 0 Å². The molecular weight excluding hydrogens is 290 g/mol. The lowest BCUT2D eigenvalue weighted by molar-refractivity contribution is 0.0695. The molecule has 0 radical (unpaired) electrons. The molecule has 0 aromatic heterocycles. The van der Waals surface area contributed by atoms with Crippen LogP contribution in [-0.4, -0.2) is 29.4 Å². The van der Waals surface area contributed by atoms with Gasteiger partial charge in [-0.1, -0.05) is 6.07 Å². The molecule has 0 atom stereocenters. The molecule has 3 N–H and O–H groups in total. The summed E-state index contributed by atoms with van der Waals surface area (Å²) in [5, 5.41) is 20.9. The van der Waals surface area contributed by atoms with Crippen LogP contribution < -0.4 is 14.8 Å². The highest BCUT2D eigenvalue weighted by Gasteiger charge is 2.17. The van der Waals surface area contributed by atoms with Gasteiger partial charge in [-0.05, 0) is 36.4 Å². The number of phenols is 1. The van der Waals surface area contributed by atoms with Crippen molar-refractivity contribution in [2.24, 2.45) is 0 Å². The number of methoxy groups -OCH3 is 1. The molecule has 0 aliphatic heterocycles. The van der Waals surface area contributed by atoms with Gasteiger partial charge in [-0.2, -0.15) is 0 Å². The molecule has 0 heterocycles. The van der Waals surface area contributed by atoms with E-state index in [2.05, 4.69) is 5.32 Å². The number of anilines is 1. The highest BCUT2D eigenvalue weighted by molar-refractivity contribution is 6.01. The molecule has 0 unspecified atom stereocenters. The number of nitrogens with one attached hydrogen (secondary N) is 1. The fourth-order valence-corrected chi connectivity index (χ4v) is 1.76. The monoisotopic (exact) mass is 303 g/mol. The third-order valence-electron chi connectivity index (χ3n) is 2.76. The molecule has 0 bridgehead atoms. The lowest BCUT2D eigenvalue weighted by atomic mass is 10.1. The summed E-state index contributed by atoms with van der Waals surface area (Å²) in [5.74, 6) is -0.947. The van der Waals surface area contributed by atoms with Crippen molar-refractivity contribution in [3.05, 3.63) is 48.0 Å². The number of carboxylic acids is 1. The number of hydrogen-bond donors (Lipinski definition) is 3. The summed E-state index contributed by atoms with van der Waals surface area (Å²) in [6.45, 7) is 0. The van der Waals surface area contributed by atoms with Crippen LogP contribution in [0.5, 0.6) is 17.2 Å². The molecule has 2 rings (SSSR count). The Morgan fingerprint density at radius 3 is 2.27 bits per heavy atom. The maximum absolute atomic E-state index is 11.8. The van der Waals surface area contributed by atoms with E-state index in [4.69, 9.17) is 14.6 Å². The van der Waals surface area contributed by atoms with Crippen molar-refractivity contribution in [1.82, 2.24) is 0 Å². The second-order valence-electron chi connectivity index (χ2n) is 4.19. The van der Waals surface area contributed by atoms with Crippen LogP contribution in [-0.2, 0) is 0 Å². The topological polar surface area (TPSA) is 105 Å². The van der Waals surface area contributed by atoms with Gasteiger partial charge in [0.2, 0.25) is 0 Å². The highest BCUT2D eigenvalue weighted by atomic mass is 16.6. The lowest BCUT2D eigenvalue weighted by Crippen LogP contribution is -2.18. The largest absolute Gasteiger partial charge is 0.507 e. The summed E-state index contributed by atoms with van der Waals surface area (Å²) in [7, 11) is 1.51. The van der Waals surface area contributed by atoms with Crippen LogP contribution in [0.15, 0.2) is 42.5 Å². The molecule has 0 spiro atoms. The van der Waals surface area contributed by atoms with Crippen LogP contribution in [0.25, 0.3) is 0 Å². The normalized spacial score (nSPS) is 9.86. The first-order valence-electron chi connectivity index (χ1n) is 6.19. The maximum Gasteiger partial charge on any atom is 0.417 e. The van der Waals surface area contributed by atoms with Crippen LogP contribution in [0.4, 0.5) is 10.5 Å². The lowest BCUT2D eigenvalue weighted by Gasteiger charge is -2.10. The fraction of sp³-hybridized carbons (Fsp3) is 0.0667. The van der Waals surface area contributed by atoms with Crippen molar-refractivity contribution >= 4 is 17.7 Å². The summed E-state index contributed by atoms with van der Waals surface area (Å²) in [5.41, 5.74) is -0.472. The van der Waals surface area contributed by atoms with Gasteiger partial charge < -0.3 is 19.7 Å². The van der Waals surface area contributed by atoms with Crippen molar-refractivity contribution in [3.8, 4) is 17.2 Å². The number of carbonyl (C=O) groups is 2. The van der Waals surface area contributed by atoms with Gasteiger partial charge in [-0.15, -0.1) is 0 Å². The van der Waals surface area contributed by atoms with E-state index in [0.717, 1.165) is 0 Å². The smallest absolute Gasteiger partial charge is 0.417 e. The Labute approximate surface area is 125 Å². The predicted molar refractivity (Wildman–Crippen MR) is 77.7 cm³/mol. The van der Waals surface area contributed by atoms with Crippen molar-refractivity contribution in [2.75, 3.05) is 12.4 Å². The third-order valence-corrected chi connectivity index (χ3v) is 2.76. The number of aromatic carboxylic acids is 1. The number of ether oxygens (including phenoxy) is 2. The fourth-order valence-electron chi connectivity index (χ4n) is 1.76. The van der Waals surface area contributed by atoms with Crippen molar-refractivity contribution < 1.29 is 29.3 Å². The molecule has 7 heteroatoms. The van der Waals surface area contributed by atoms with Gasteiger partial charge in [-0.25, -0.2) is 9.59 Å². The Kier molecular flexibility index (Phi) is 4.47. The predicted octanol–water partition coefficient (Wildman–Crippen LogP) is 2.71. The summed E-state index contributed by atoms with van der Waals surface area (Å²) in [4.78, 5) is 22.9. The number of aromatic hydroxyl groups is 1. The summed E-state index contributed by atoms with van der Waals surface area (Å²) < 4.78 is 9.99. The molecule has 1 amide bonds.